The van der Waals surface area contributed by atoms with Crippen molar-refractivity contribution < 1.29 is 28.5 Å². The maximum absolute atomic E-state index is 12.6. The third-order valence-corrected chi connectivity index (χ3v) is 5.16. The second-order valence-electron chi connectivity index (χ2n) is 7.73. The maximum atomic E-state index is 12.6. The number of rotatable bonds is 9. The first-order chi connectivity index (χ1) is 16.5. The Morgan fingerprint density at radius 2 is 1.94 bits per heavy atom. The van der Waals surface area contributed by atoms with E-state index in [1.165, 1.54) is 13.2 Å². The van der Waals surface area contributed by atoms with Gasteiger partial charge in [-0.25, -0.2) is 0 Å². The molecule has 8 nitrogen and oxygen atoms in total. The summed E-state index contributed by atoms with van der Waals surface area (Å²) in [7, 11) is 1.46. The first-order valence-corrected chi connectivity index (χ1v) is 11.1. The number of carbonyl (C=O) groups excluding carboxylic acids is 2. The molecule has 3 rings (SSSR count). The molecule has 8 heteroatoms. The second kappa shape index (κ2) is 12.4. The Balaban J connectivity index is 1.57. The van der Waals surface area contributed by atoms with E-state index in [1.54, 1.807) is 23.1 Å². The van der Waals surface area contributed by atoms with Crippen LogP contribution in [0.2, 0.25) is 0 Å². The topological polar surface area (TPSA) is 98.1 Å². The van der Waals surface area contributed by atoms with Gasteiger partial charge in [0.1, 0.15) is 17.4 Å². The molecule has 1 fully saturated rings. The van der Waals surface area contributed by atoms with Crippen LogP contribution in [0.25, 0.3) is 6.08 Å². The van der Waals surface area contributed by atoms with Crippen molar-refractivity contribution in [3.05, 3.63) is 59.2 Å². The van der Waals surface area contributed by atoms with Gasteiger partial charge in [0.15, 0.2) is 11.5 Å². The van der Waals surface area contributed by atoms with E-state index in [0.29, 0.717) is 50.6 Å². The van der Waals surface area contributed by atoms with Gasteiger partial charge in [-0.2, -0.15) is 5.26 Å². The van der Waals surface area contributed by atoms with E-state index in [-0.39, 0.29) is 23.7 Å². The zero-order valence-electron chi connectivity index (χ0n) is 19.4. The minimum absolute atomic E-state index is 0.0160. The van der Waals surface area contributed by atoms with Gasteiger partial charge in [0.05, 0.1) is 26.9 Å². The number of hydrogen-bond donors (Lipinski definition) is 0. The Morgan fingerprint density at radius 1 is 1.15 bits per heavy atom. The number of amides is 1. The number of aryl methyl sites for hydroxylation is 1. The Bertz CT molecular complexity index is 1080. The van der Waals surface area contributed by atoms with E-state index in [0.717, 1.165) is 11.3 Å². The fraction of sp³-hybridized carbons (Fsp3) is 0.346. The molecule has 0 spiro atoms. The first kappa shape index (κ1) is 24.8. The molecule has 0 atom stereocenters. The highest BCUT2D eigenvalue weighted by Crippen LogP contribution is 2.29. The quantitative estimate of drug-likeness (QED) is 0.184. The van der Waals surface area contributed by atoms with Crippen LogP contribution in [0, 0.1) is 18.3 Å². The van der Waals surface area contributed by atoms with Crippen LogP contribution in [0.1, 0.15) is 24.0 Å². The van der Waals surface area contributed by atoms with Gasteiger partial charge in [-0.15, -0.1) is 0 Å². The predicted molar refractivity (Wildman–Crippen MR) is 126 cm³/mol. The van der Waals surface area contributed by atoms with Crippen molar-refractivity contribution >= 4 is 18.0 Å². The van der Waals surface area contributed by atoms with E-state index < -0.39 is 5.97 Å². The molecule has 0 aliphatic carbocycles. The molecular formula is C26H28N2O6. The Kier molecular flexibility index (Phi) is 9.06. The number of nitriles is 1. The highest BCUT2D eigenvalue weighted by molar-refractivity contribution is 6.01. The first-order valence-electron chi connectivity index (χ1n) is 11.1. The number of methoxy groups -OCH3 is 1. The molecule has 1 aliphatic heterocycles. The van der Waals surface area contributed by atoms with Gasteiger partial charge in [-0.3, -0.25) is 9.59 Å². The minimum Gasteiger partial charge on any atom is -0.494 e. The summed E-state index contributed by atoms with van der Waals surface area (Å²) in [5.74, 6) is 0.613. The third-order valence-electron chi connectivity index (χ3n) is 5.16. The van der Waals surface area contributed by atoms with Crippen LogP contribution in [0.15, 0.2) is 48.0 Å². The molecule has 0 saturated carbocycles. The molecule has 1 heterocycles. The molecule has 2 aromatic rings. The summed E-state index contributed by atoms with van der Waals surface area (Å²) in [6, 6.07) is 14.5. The van der Waals surface area contributed by atoms with E-state index >= 15 is 0 Å². The van der Waals surface area contributed by atoms with E-state index in [4.69, 9.17) is 18.9 Å². The van der Waals surface area contributed by atoms with Gasteiger partial charge < -0.3 is 23.8 Å². The van der Waals surface area contributed by atoms with E-state index in [1.807, 2.05) is 37.3 Å². The van der Waals surface area contributed by atoms with Gasteiger partial charge >= 0.3 is 5.97 Å². The van der Waals surface area contributed by atoms with Crippen LogP contribution in [0.5, 0.6) is 17.2 Å². The van der Waals surface area contributed by atoms with Crippen LogP contribution < -0.4 is 14.2 Å². The monoisotopic (exact) mass is 464 g/mol. The van der Waals surface area contributed by atoms with Crippen molar-refractivity contribution in [1.29, 1.82) is 5.26 Å². The summed E-state index contributed by atoms with van der Waals surface area (Å²) >= 11 is 0. The summed E-state index contributed by atoms with van der Waals surface area (Å²) in [6.45, 7) is 4.19. The average molecular weight is 465 g/mol. The van der Waals surface area contributed by atoms with E-state index in [9.17, 15) is 14.9 Å². The molecule has 178 valence electrons. The normalized spacial score (nSPS) is 13.7. The molecule has 1 saturated heterocycles. The fourth-order valence-corrected chi connectivity index (χ4v) is 3.39. The largest absolute Gasteiger partial charge is 0.494 e. The Hall–Kier alpha value is -3.83. The van der Waals surface area contributed by atoms with Crippen LogP contribution in [-0.4, -0.2) is 56.8 Å². The summed E-state index contributed by atoms with van der Waals surface area (Å²) in [5.41, 5.74) is 1.71. The molecule has 1 amide bonds. The smallest absolute Gasteiger partial charge is 0.311 e. The average Bonchev–Trinajstić information content (AvgIpc) is 2.86. The molecule has 34 heavy (non-hydrogen) atoms. The molecule has 0 bridgehead atoms. The summed E-state index contributed by atoms with van der Waals surface area (Å²) in [5, 5.41) is 9.47. The number of hydrogen-bond acceptors (Lipinski definition) is 7. The zero-order chi connectivity index (χ0) is 24.3. The van der Waals surface area contributed by atoms with Crippen molar-refractivity contribution in [2.45, 2.75) is 19.8 Å². The fourth-order valence-electron chi connectivity index (χ4n) is 3.39. The second-order valence-corrected chi connectivity index (χ2v) is 7.73. The lowest BCUT2D eigenvalue weighted by Gasteiger charge is -2.26. The number of morpholine rings is 1. The van der Waals surface area contributed by atoms with Gasteiger partial charge in [0.25, 0.3) is 5.91 Å². The van der Waals surface area contributed by atoms with Gasteiger partial charge in [-0.05, 0) is 54.8 Å². The van der Waals surface area contributed by atoms with Crippen LogP contribution in [0.4, 0.5) is 0 Å². The van der Waals surface area contributed by atoms with Gasteiger partial charge in [0.2, 0.25) is 0 Å². The maximum Gasteiger partial charge on any atom is 0.311 e. The molecule has 2 aromatic carbocycles. The van der Waals surface area contributed by atoms with Crippen molar-refractivity contribution in [3.8, 4) is 23.3 Å². The Morgan fingerprint density at radius 3 is 2.65 bits per heavy atom. The number of benzene rings is 2. The van der Waals surface area contributed by atoms with Crippen LogP contribution >= 0.6 is 0 Å². The van der Waals surface area contributed by atoms with Crippen molar-refractivity contribution in [3.63, 3.8) is 0 Å². The minimum atomic E-state index is -0.408. The molecule has 1 aliphatic rings. The standard InChI is InChI=1S/C26H28N2O6/c1-19-5-3-6-22(15-19)33-12-4-7-25(29)34-23-9-8-20(17-24(23)31-2)16-21(18-27)26(30)28-10-13-32-14-11-28/h3,5-6,8-9,15-17H,4,7,10-14H2,1-2H3/b21-16+. The van der Waals surface area contributed by atoms with Crippen molar-refractivity contribution in [2.24, 2.45) is 0 Å². The Labute approximate surface area is 199 Å². The molecule has 0 N–H and O–H groups in total. The lowest BCUT2D eigenvalue weighted by molar-refractivity contribution is -0.134. The predicted octanol–water partition coefficient (Wildman–Crippen LogP) is 3.53. The highest BCUT2D eigenvalue weighted by atomic mass is 16.6. The number of ether oxygens (including phenoxy) is 4. The molecule has 0 radical (unpaired) electrons. The van der Waals surface area contributed by atoms with Crippen LogP contribution in [-0.2, 0) is 14.3 Å². The van der Waals surface area contributed by atoms with Crippen molar-refractivity contribution in [2.75, 3.05) is 40.0 Å². The molecule has 0 aromatic heterocycles. The molecular weight excluding hydrogens is 436 g/mol. The number of carbonyl (C=O) groups is 2. The number of esters is 1. The summed E-state index contributed by atoms with van der Waals surface area (Å²) in [4.78, 5) is 26.5. The molecule has 0 unspecified atom stereocenters. The summed E-state index contributed by atoms with van der Waals surface area (Å²) < 4.78 is 21.7. The van der Waals surface area contributed by atoms with Crippen LogP contribution in [0.3, 0.4) is 0 Å². The van der Waals surface area contributed by atoms with Crippen molar-refractivity contribution in [1.82, 2.24) is 4.90 Å². The number of nitrogens with zero attached hydrogens (tertiary/aromatic N) is 2. The van der Waals surface area contributed by atoms with Gasteiger partial charge in [0, 0.05) is 19.5 Å². The summed E-state index contributed by atoms with van der Waals surface area (Å²) in [6.07, 6.45) is 2.18. The van der Waals surface area contributed by atoms with Gasteiger partial charge in [-0.1, -0.05) is 18.2 Å². The third kappa shape index (κ3) is 7.09. The lowest BCUT2D eigenvalue weighted by atomic mass is 10.1. The SMILES string of the molecule is COc1cc(/C=C(\C#N)C(=O)N2CCOCC2)ccc1OC(=O)CCCOc1cccc(C)c1. The zero-order valence-corrected chi connectivity index (χ0v) is 19.4. The van der Waals surface area contributed by atoms with E-state index in [2.05, 4.69) is 0 Å². The highest BCUT2D eigenvalue weighted by Gasteiger charge is 2.21. The lowest BCUT2D eigenvalue weighted by Crippen LogP contribution is -2.41.